The van der Waals surface area contributed by atoms with Gasteiger partial charge in [-0.15, -0.1) is 5.60 Å². The molecule has 0 radical (unpaired) electrons. The maximum Gasteiger partial charge on any atom is 1.00 e. The van der Waals surface area contributed by atoms with Gasteiger partial charge in [-0.3, -0.25) is 13.8 Å². The first-order valence-electron chi connectivity index (χ1n) is 19.3. The molecule has 6 nitrogen and oxygen atoms in total. The number of hydrogen-bond donors (Lipinski definition) is 0. The third kappa shape index (κ3) is 30.6. The molecule has 0 heterocycles. The third-order valence-corrected chi connectivity index (χ3v) is 9.11. The van der Waals surface area contributed by atoms with Gasteiger partial charge in [-0.25, -0.2) is 0 Å². The average molecular weight is 804 g/mol. The van der Waals surface area contributed by atoms with Crippen LogP contribution in [0, 0.1) is 20.8 Å². The van der Waals surface area contributed by atoms with Crippen LogP contribution >= 0.6 is 7.60 Å². The van der Waals surface area contributed by atoms with Crippen molar-refractivity contribution in [3.63, 3.8) is 0 Å². The predicted octanol–water partition coefficient (Wildman–Crippen LogP) is 9.43. The predicted molar refractivity (Wildman–Crippen MR) is 225 cm³/mol. The fourth-order valence-corrected chi connectivity index (χ4v) is 6.05. The van der Waals surface area contributed by atoms with E-state index in [1.165, 1.54) is 47.1 Å². The SMILES string of the molecule is CC(C)(C)[O-].CCCCCCOc1ccc(/C=C/c2ccc(C)cc2)cc1.CCOP(=O)(Cc1ccc(C)cc1)OCC.Cc1ccc(C=O)cc1.[2H]CF.[K+]. The summed E-state index contributed by atoms with van der Waals surface area (Å²) < 4.78 is 44.0. The average Bonchev–Trinajstić information content (AvgIpc) is 3.13. The number of carbonyl (C=O) groups excluding carboxylic acids is 1. The van der Waals surface area contributed by atoms with Gasteiger partial charge in [0.15, 0.2) is 0 Å². The molecule has 55 heavy (non-hydrogen) atoms. The summed E-state index contributed by atoms with van der Waals surface area (Å²) in [4.78, 5) is 10.1. The number of hydrogen-bond acceptors (Lipinski definition) is 6. The molecular formula is C46H65FKO6P. The van der Waals surface area contributed by atoms with Gasteiger partial charge in [-0.1, -0.05) is 161 Å². The van der Waals surface area contributed by atoms with E-state index in [9.17, 15) is 18.9 Å². The van der Waals surface area contributed by atoms with Crippen LogP contribution in [0.4, 0.5) is 4.39 Å². The molecule has 0 aromatic heterocycles. The van der Waals surface area contributed by atoms with Crippen molar-refractivity contribution in [2.24, 2.45) is 0 Å². The number of halogens is 1. The summed E-state index contributed by atoms with van der Waals surface area (Å²) in [5, 5.41) is 10.1. The summed E-state index contributed by atoms with van der Waals surface area (Å²) in [6, 6.07) is 32.2. The maximum absolute atomic E-state index is 12.2. The Hall–Kier alpha value is -2.23. The van der Waals surface area contributed by atoms with Crippen molar-refractivity contribution in [3.05, 3.63) is 136 Å². The van der Waals surface area contributed by atoms with Gasteiger partial charge in [0.2, 0.25) is 0 Å². The second-order valence-electron chi connectivity index (χ2n) is 13.5. The number of carbonyl (C=O) groups is 1. The number of unbranched alkanes of at least 4 members (excludes halogenated alkanes) is 3. The minimum atomic E-state index is -2.96. The molecule has 0 spiro atoms. The molecule has 0 aliphatic heterocycles. The zero-order valence-electron chi connectivity index (χ0n) is 36.1. The van der Waals surface area contributed by atoms with Crippen LogP contribution in [0.5, 0.6) is 5.75 Å². The fourth-order valence-electron chi connectivity index (χ4n) is 4.35. The Balaban J connectivity index is 0. The van der Waals surface area contributed by atoms with Gasteiger partial charge in [0.1, 0.15) is 12.0 Å². The van der Waals surface area contributed by atoms with Crippen molar-refractivity contribution >= 4 is 26.0 Å². The van der Waals surface area contributed by atoms with Crippen molar-refractivity contribution < 1.29 is 85.4 Å². The van der Waals surface area contributed by atoms with E-state index in [1.54, 1.807) is 20.8 Å². The Labute approximate surface area is 376 Å². The van der Waals surface area contributed by atoms with Gasteiger partial charge in [-0.2, -0.15) is 0 Å². The number of aldehydes is 1. The number of aryl methyl sites for hydroxylation is 3. The van der Waals surface area contributed by atoms with Gasteiger partial charge in [0.25, 0.3) is 0 Å². The van der Waals surface area contributed by atoms with E-state index in [0.717, 1.165) is 36.2 Å². The first-order valence-corrected chi connectivity index (χ1v) is 20.3. The summed E-state index contributed by atoms with van der Waals surface area (Å²) in [5.41, 5.74) is 7.04. The van der Waals surface area contributed by atoms with Crippen LogP contribution in [0.2, 0.25) is 0 Å². The van der Waals surface area contributed by atoms with Gasteiger partial charge >= 0.3 is 59.0 Å². The molecule has 0 aliphatic carbocycles. The van der Waals surface area contributed by atoms with Crippen molar-refractivity contribution in [2.75, 3.05) is 27.0 Å². The van der Waals surface area contributed by atoms with Crippen LogP contribution in [-0.2, 0) is 19.8 Å². The van der Waals surface area contributed by atoms with E-state index >= 15 is 0 Å². The van der Waals surface area contributed by atoms with Crippen LogP contribution < -0.4 is 61.2 Å². The minimum Gasteiger partial charge on any atom is -0.850 e. The van der Waals surface area contributed by atoms with Gasteiger partial charge in [0.05, 0.1) is 34.5 Å². The van der Waals surface area contributed by atoms with E-state index in [-0.39, 0.29) is 51.4 Å². The van der Waals surface area contributed by atoms with E-state index in [2.05, 4.69) is 74.5 Å². The van der Waals surface area contributed by atoms with E-state index in [0.29, 0.717) is 19.4 Å². The zero-order valence-corrected chi connectivity index (χ0v) is 39.1. The molecule has 0 aliphatic rings. The van der Waals surface area contributed by atoms with Gasteiger partial charge < -0.3 is 18.9 Å². The molecule has 0 saturated heterocycles. The minimum absolute atomic E-state index is 0. The molecule has 9 heteroatoms. The molecule has 298 valence electrons. The van der Waals surface area contributed by atoms with Gasteiger partial charge in [0, 0.05) is 5.56 Å². The summed E-state index contributed by atoms with van der Waals surface area (Å²) in [7, 11) is -3.96. The summed E-state index contributed by atoms with van der Waals surface area (Å²) in [6.45, 7) is 18.5. The molecule has 0 fully saturated rings. The largest absolute Gasteiger partial charge is 1.00 e. The molecule has 4 rings (SSSR count). The Kier molecular flexibility index (Phi) is 31.5. The standard InChI is InChI=1S/C21H26O.C12H19O3P.C8H8O.C4H9O.CH3F.K/c1-3-4-5-6-17-22-21-15-13-20(14-16-21)12-11-19-9-7-18(2)8-10-19;1-4-14-16(13,15-5-2)10-12-8-6-11(3)7-9-12;1-7-2-4-8(6-9)5-3-7;1-4(2,3)5;1-2;/h7-16H,3-6,17H2,1-2H3;6-9H,4-5,10H2,1-3H3;2-6H,1H3;1-3H3;1H3;/q;;;-1;;+1/b12-11+;;;;;/i;;;;1D;. The smallest absolute Gasteiger partial charge is 0.850 e. The van der Waals surface area contributed by atoms with Crippen LogP contribution in [0.3, 0.4) is 0 Å². The maximum atomic E-state index is 12.2. The number of ether oxygens (including phenoxy) is 1. The van der Waals surface area contributed by atoms with Crippen LogP contribution in [0.25, 0.3) is 12.2 Å². The second-order valence-corrected chi connectivity index (χ2v) is 15.5. The Bertz CT molecular complexity index is 1590. The summed E-state index contributed by atoms with van der Waals surface area (Å²) in [6.07, 6.45) is 10.4. The number of rotatable bonds is 15. The first kappa shape index (κ1) is 52.8. The monoisotopic (exact) mass is 803 g/mol. The van der Waals surface area contributed by atoms with Crippen LogP contribution in [0.15, 0.2) is 97.1 Å². The normalized spacial score (nSPS) is 10.7. The third-order valence-electron chi connectivity index (χ3n) is 7.05. The van der Waals surface area contributed by atoms with Crippen molar-refractivity contribution in [1.82, 2.24) is 0 Å². The quantitative estimate of drug-likeness (QED) is 0.0392. The van der Waals surface area contributed by atoms with Crippen molar-refractivity contribution in [1.29, 1.82) is 0 Å². The first-order chi connectivity index (χ1) is 26.1. The Morgan fingerprint density at radius 3 is 1.45 bits per heavy atom. The molecule has 0 unspecified atom stereocenters. The second kappa shape index (κ2) is 32.8. The van der Waals surface area contributed by atoms with E-state index in [4.69, 9.17) is 15.2 Å². The molecule has 0 saturated carbocycles. The Morgan fingerprint density at radius 2 is 1.07 bits per heavy atom. The Morgan fingerprint density at radius 1 is 0.691 bits per heavy atom. The van der Waals surface area contributed by atoms with Crippen LogP contribution in [0.1, 0.15) is 112 Å². The number of alkyl halides is 1. The molecule has 0 bridgehead atoms. The van der Waals surface area contributed by atoms with Crippen molar-refractivity contribution in [2.45, 2.75) is 99.8 Å². The summed E-state index contributed by atoms with van der Waals surface area (Å²) in [5.74, 6) is 0.962. The molecule has 4 aromatic carbocycles. The zero-order chi connectivity index (χ0) is 41.5. The topological polar surface area (TPSA) is 84.9 Å². The molecule has 4 aromatic rings. The van der Waals surface area contributed by atoms with Crippen LogP contribution in [-0.4, -0.2) is 38.9 Å². The molecular weight excluding hydrogens is 738 g/mol. The molecule has 0 N–H and O–H groups in total. The van der Waals surface area contributed by atoms with E-state index in [1.807, 2.05) is 76.2 Å². The molecule has 0 atom stereocenters. The van der Waals surface area contributed by atoms with E-state index < -0.39 is 20.4 Å². The van der Waals surface area contributed by atoms with Crippen molar-refractivity contribution in [3.8, 4) is 5.75 Å². The molecule has 0 amide bonds. The van der Waals surface area contributed by atoms with Gasteiger partial charge in [-0.05, 0) is 69.9 Å². The number of benzene rings is 4. The fraction of sp³-hybridized carbons (Fsp3) is 0.413. The summed E-state index contributed by atoms with van der Waals surface area (Å²) >= 11 is 0.